The molecular formula is C18H29N3O. The van der Waals surface area contributed by atoms with Crippen LogP contribution < -0.4 is 10.1 Å². The van der Waals surface area contributed by atoms with E-state index < -0.39 is 0 Å². The maximum absolute atomic E-state index is 5.18. The van der Waals surface area contributed by atoms with E-state index in [-0.39, 0.29) is 0 Å². The van der Waals surface area contributed by atoms with E-state index in [2.05, 4.69) is 34.3 Å². The van der Waals surface area contributed by atoms with Gasteiger partial charge < -0.3 is 15.0 Å². The highest BCUT2D eigenvalue weighted by Crippen LogP contribution is 2.15. The van der Waals surface area contributed by atoms with Crippen molar-refractivity contribution in [2.75, 3.05) is 33.8 Å². The maximum Gasteiger partial charge on any atom is 0.193 e. The molecule has 4 nitrogen and oxygen atoms in total. The van der Waals surface area contributed by atoms with Gasteiger partial charge in [0.15, 0.2) is 5.96 Å². The Morgan fingerprint density at radius 1 is 1.36 bits per heavy atom. The molecule has 0 saturated carbocycles. The number of aliphatic imine (C=N–C) groups is 1. The Labute approximate surface area is 134 Å². The molecule has 0 radical (unpaired) electrons. The number of aryl methyl sites for hydroxylation is 1. The topological polar surface area (TPSA) is 36.9 Å². The van der Waals surface area contributed by atoms with Gasteiger partial charge in [-0.05, 0) is 49.3 Å². The molecule has 0 aromatic heterocycles. The lowest BCUT2D eigenvalue weighted by molar-refractivity contribution is 0.266. The first-order valence-corrected chi connectivity index (χ1v) is 8.31. The Morgan fingerprint density at radius 2 is 2.14 bits per heavy atom. The van der Waals surface area contributed by atoms with Crippen LogP contribution in [0.25, 0.3) is 0 Å². The number of likely N-dealkylation sites (tertiary alicyclic amines) is 1. The van der Waals surface area contributed by atoms with Gasteiger partial charge in [0, 0.05) is 26.7 Å². The number of benzene rings is 1. The second kappa shape index (κ2) is 8.66. The molecule has 1 unspecified atom stereocenters. The highest BCUT2D eigenvalue weighted by Gasteiger charge is 2.18. The number of guanidine groups is 1. The molecule has 1 fully saturated rings. The zero-order valence-electron chi connectivity index (χ0n) is 14.1. The molecule has 2 rings (SSSR count). The molecule has 1 saturated heterocycles. The zero-order chi connectivity index (χ0) is 15.8. The quantitative estimate of drug-likeness (QED) is 0.516. The van der Waals surface area contributed by atoms with Crippen molar-refractivity contribution in [3.8, 4) is 5.75 Å². The van der Waals surface area contributed by atoms with E-state index in [4.69, 9.17) is 4.74 Å². The molecule has 4 heteroatoms. The third kappa shape index (κ3) is 4.93. The smallest absolute Gasteiger partial charge is 0.193 e. The van der Waals surface area contributed by atoms with Gasteiger partial charge in [0.1, 0.15) is 5.75 Å². The van der Waals surface area contributed by atoms with Crippen LogP contribution in [0.2, 0.25) is 0 Å². The predicted molar refractivity (Wildman–Crippen MR) is 92.6 cm³/mol. The minimum Gasteiger partial charge on any atom is -0.497 e. The Hall–Kier alpha value is -1.71. The van der Waals surface area contributed by atoms with Gasteiger partial charge in [-0.2, -0.15) is 0 Å². The van der Waals surface area contributed by atoms with E-state index in [9.17, 15) is 0 Å². The average molecular weight is 303 g/mol. The van der Waals surface area contributed by atoms with Crippen LogP contribution in [0.15, 0.2) is 29.3 Å². The Morgan fingerprint density at radius 3 is 2.77 bits per heavy atom. The van der Waals surface area contributed by atoms with Crippen molar-refractivity contribution >= 4 is 5.96 Å². The highest BCUT2D eigenvalue weighted by molar-refractivity contribution is 5.79. The molecule has 1 heterocycles. The number of methoxy groups -OCH3 is 1. The molecule has 0 spiro atoms. The lowest BCUT2D eigenvalue weighted by Gasteiger charge is -2.33. The molecule has 1 aromatic carbocycles. The summed E-state index contributed by atoms with van der Waals surface area (Å²) in [6.45, 7) is 5.54. The van der Waals surface area contributed by atoms with Gasteiger partial charge in [-0.15, -0.1) is 0 Å². The normalized spacial score (nSPS) is 19.1. The van der Waals surface area contributed by atoms with Crippen LogP contribution >= 0.6 is 0 Å². The molecule has 1 atom stereocenters. The largest absolute Gasteiger partial charge is 0.497 e. The fraction of sp³-hybridized carbons (Fsp3) is 0.611. The highest BCUT2D eigenvalue weighted by atomic mass is 16.5. The molecule has 0 bridgehead atoms. The van der Waals surface area contributed by atoms with Crippen LogP contribution in [0, 0.1) is 5.92 Å². The van der Waals surface area contributed by atoms with Crippen LogP contribution in [0.3, 0.4) is 0 Å². The summed E-state index contributed by atoms with van der Waals surface area (Å²) >= 11 is 0. The third-order valence-electron chi connectivity index (χ3n) is 4.25. The number of hydrogen-bond donors (Lipinski definition) is 1. The van der Waals surface area contributed by atoms with Gasteiger partial charge in [0.05, 0.1) is 7.11 Å². The van der Waals surface area contributed by atoms with Crippen LogP contribution in [-0.4, -0.2) is 44.7 Å². The van der Waals surface area contributed by atoms with E-state index in [1.165, 1.54) is 18.4 Å². The summed E-state index contributed by atoms with van der Waals surface area (Å²) < 4.78 is 5.18. The van der Waals surface area contributed by atoms with E-state index in [0.29, 0.717) is 0 Å². The van der Waals surface area contributed by atoms with Crippen LogP contribution in [0.5, 0.6) is 5.75 Å². The van der Waals surface area contributed by atoms with Gasteiger partial charge in [0.2, 0.25) is 0 Å². The molecule has 0 amide bonds. The summed E-state index contributed by atoms with van der Waals surface area (Å²) in [6, 6.07) is 8.33. The van der Waals surface area contributed by atoms with Crippen LogP contribution in [0.1, 0.15) is 31.7 Å². The molecule has 0 aliphatic carbocycles. The summed E-state index contributed by atoms with van der Waals surface area (Å²) in [6.07, 6.45) is 4.79. The van der Waals surface area contributed by atoms with Crippen molar-refractivity contribution in [1.29, 1.82) is 0 Å². The van der Waals surface area contributed by atoms with Gasteiger partial charge in [-0.3, -0.25) is 4.99 Å². The first kappa shape index (κ1) is 16.7. The van der Waals surface area contributed by atoms with E-state index in [1.807, 2.05) is 19.2 Å². The standard InChI is InChI=1S/C18H29N3O/c1-15-6-5-13-21(14-15)18(19-2)20-12-4-7-16-8-10-17(22-3)11-9-16/h8-11,15H,4-7,12-14H2,1-3H3,(H,19,20). The van der Waals surface area contributed by atoms with Gasteiger partial charge >= 0.3 is 0 Å². The van der Waals surface area contributed by atoms with Gasteiger partial charge in [-0.25, -0.2) is 0 Å². The number of rotatable bonds is 5. The molecule has 1 N–H and O–H groups in total. The predicted octanol–water partition coefficient (Wildman–Crippen LogP) is 2.94. The minimum atomic E-state index is 0.770. The number of hydrogen-bond acceptors (Lipinski definition) is 2. The molecular weight excluding hydrogens is 274 g/mol. The van der Waals surface area contributed by atoms with Gasteiger partial charge in [0.25, 0.3) is 0 Å². The maximum atomic E-state index is 5.18. The monoisotopic (exact) mass is 303 g/mol. The summed E-state index contributed by atoms with van der Waals surface area (Å²) in [5.74, 6) is 2.74. The van der Waals surface area contributed by atoms with Crippen molar-refractivity contribution < 1.29 is 4.74 Å². The van der Waals surface area contributed by atoms with E-state index in [0.717, 1.165) is 50.1 Å². The average Bonchev–Trinajstić information content (AvgIpc) is 2.55. The minimum absolute atomic E-state index is 0.770. The Kier molecular flexibility index (Phi) is 6.56. The molecule has 1 aliphatic rings. The molecule has 22 heavy (non-hydrogen) atoms. The van der Waals surface area contributed by atoms with Crippen molar-refractivity contribution in [2.24, 2.45) is 10.9 Å². The summed E-state index contributed by atoms with van der Waals surface area (Å²) in [4.78, 5) is 6.82. The van der Waals surface area contributed by atoms with Crippen LogP contribution in [-0.2, 0) is 6.42 Å². The number of nitrogens with one attached hydrogen (secondary N) is 1. The third-order valence-corrected chi connectivity index (χ3v) is 4.25. The Balaban J connectivity index is 1.72. The first-order valence-electron chi connectivity index (χ1n) is 8.31. The second-order valence-corrected chi connectivity index (χ2v) is 6.12. The van der Waals surface area contributed by atoms with Crippen molar-refractivity contribution in [1.82, 2.24) is 10.2 Å². The molecule has 1 aromatic rings. The Bertz CT molecular complexity index is 470. The van der Waals surface area contributed by atoms with Gasteiger partial charge in [-0.1, -0.05) is 19.1 Å². The van der Waals surface area contributed by atoms with E-state index >= 15 is 0 Å². The fourth-order valence-corrected chi connectivity index (χ4v) is 3.00. The van der Waals surface area contributed by atoms with Crippen molar-refractivity contribution in [3.63, 3.8) is 0 Å². The summed E-state index contributed by atoms with van der Waals surface area (Å²) in [5.41, 5.74) is 1.35. The number of ether oxygens (including phenoxy) is 1. The van der Waals surface area contributed by atoms with E-state index in [1.54, 1.807) is 7.11 Å². The fourth-order valence-electron chi connectivity index (χ4n) is 3.00. The van der Waals surface area contributed by atoms with Crippen molar-refractivity contribution in [3.05, 3.63) is 29.8 Å². The summed E-state index contributed by atoms with van der Waals surface area (Å²) in [7, 11) is 3.58. The lowest BCUT2D eigenvalue weighted by atomic mass is 10.0. The SMILES string of the molecule is CN=C(NCCCc1ccc(OC)cc1)N1CCCC(C)C1. The summed E-state index contributed by atoms with van der Waals surface area (Å²) in [5, 5.41) is 3.50. The number of piperidine rings is 1. The van der Waals surface area contributed by atoms with Crippen LogP contribution in [0.4, 0.5) is 0 Å². The first-order chi connectivity index (χ1) is 10.7. The lowest BCUT2D eigenvalue weighted by Crippen LogP contribution is -2.46. The number of nitrogens with zero attached hydrogens (tertiary/aromatic N) is 2. The molecule has 122 valence electrons. The second-order valence-electron chi connectivity index (χ2n) is 6.12. The molecule has 1 aliphatic heterocycles. The van der Waals surface area contributed by atoms with Crippen molar-refractivity contribution in [2.45, 2.75) is 32.6 Å². The zero-order valence-corrected chi connectivity index (χ0v) is 14.1.